The van der Waals surface area contributed by atoms with Crippen molar-refractivity contribution in [2.75, 3.05) is 0 Å². The molecule has 0 spiro atoms. The Morgan fingerprint density at radius 1 is 1.06 bits per heavy atom. The first-order valence-corrected chi connectivity index (χ1v) is 11.3. The predicted octanol–water partition coefficient (Wildman–Crippen LogP) is 4.91. The molecule has 0 saturated heterocycles. The fourth-order valence-electron chi connectivity index (χ4n) is 4.02. The van der Waals surface area contributed by atoms with Crippen LogP contribution in [0.2, 0.25) is 0 Å². The molecule has 0 aliphatic heterocycles. The van der Waals surface area contributed by atoms with Crippen LogP contribution in [0.3, 0.4) is 0 Å². The van der Waals surface area contributed by atoms with Crippen LogP contribution in [-0.4, -0.2) is 25.6 Å². The Kier molecular flexibility index (Phi) is 6.10. The van der Waals surface area contributed by atoms with E-state index in [0.29, 0.717) is 22.8 Å². The Morgan fingerprint density at radius 3 is 2.60 bits per heavy atom. The summed E-state index contributed by atoms with van der Waals surface area (Å²) in [5.74, 6) is 0.845. The van der Waals surface area contributed by atoms with E-state index in [1.54, 1.807) is 19.1 Å². The van der Waals surface area contributed by atoms with Gasteiger partial charge in [0.2, 0.25) is 17.6 Å². The highest BCUT2D eigenvalue weighted by atomic mass is 19.1. The van der Waals surface area contributed by atoms with E-state index in [0.717, 1.165) is 22.4 Å². The second-order valence-electron chi connectivity index (χ2n) is 8.40. The molecule has 0 aliphatic rings. The van der Waals surface area contributed by atoms with Gasteiger partial charge in [0, 0.05) is 25.5 Å². The number of carbonyl (C=O) groups excluding carboxylic acids is 1. The van der Waals surface area contributed by atoms with Crippen LogP contribution in [-0.2, 0) is 18.3 Å². The number of fused-ring (bicyclic) bond motifs is 1. The van der Waals surface area contributed by atoms with Crippen molar-refractivity contribution in [1.82, 2.24) is 25.0 Å². The van der Waals surface area contributed by atoms with Crippen molar-refractivity contribution in [3.63, 3.8) is 0 Å². The summed E-state index contributed by atoms with van der Waals surface area (Å²) in [5, 5.41) is 7.04. The molecular weight excluding hydrogens is 445 g/mol. The van der Waals surface area contributed by atoms with Gasteiger partial charge in [-0.1, -0.05) is 59.8 Å². The molecule has 1 atom stereocenters. The number of nitrogens with one attached hydrogen (secondary N) is 1. The summed E-state index contributed by atoms with van der Waals surface area (Å²) in [6.45, 7) is 1.69. The normalized spacial score (nSPS) is 12.1. The van der Waals surface area contributed by atoms with Gasteiger partial charge in [0.15, 0.2) is 0 Å². The van der Waals surface area contributed by atoms with E-state index >= 15 is 0 Å². The van der Waals surface area contributed by atoms with E-state index in [4.69, 9.17) is 9.51 Å². The standard InChI is InChI=1S/C27H24FN5O2/c1-17-12-13-19(16-20(17)28)26-31-24(35-32-26)15-14-23(34)30-25(18-8-4-3-5-9-18)27-29-21-10-6-7-11-22(21)33(27)2/h3-13,16,25H,14-15H2,1-2H3,(H,30,34). The van der Waals surface area contributed by atoms with Crippen molar-refractivity contribution < 1.29 is 13.7 Å². The molecular formula is C27H24FN5O2. The summed E-state index contributed by atoms with van der Waals surface area (Å²) in [6.07, 6.45) is 0.411. The third-order valence-corrected chi connectivity index (χ3v) is 5.98. The van der Waals surface area contributed by atoms with Gasteiger partial charge in [0.05, 0.1) is 11.0 Å². The van der Waals surface area contributed by atoms with Gasteiger partial charge in [-0.25, -0.2) is 9.37 Å². The molecule has 7 nitrogen and oxygen atoms in total. The lowest BCUT2D eigenvalue weighted by molar-refractivity contribution is -0.121. The quantitative estimate of drug-likeness (QED) is 0.366. The number of aryl methyl sites for hydroxylation is 3. The van der Waals surface area contributed by atoms with E-state index in [-0.39, 0.29) is 24.6 Å². The van der Waals surface area contributed by atoms with Crippen molar-refractivity contribution >= 4 is 16.9 Å². The summed E-state index contributed by atoms with van der Waals surface area (Å²) >= 11 is 0. The Labute approximate surface area is 201 Å². The van der Waals surface area contributed by atoms with Crippen molar-refractivity contribution in [3.8, 4) is 11.4 Å². The van der Waals surface area contributed by atoms with Crippen molar-refractivity contribution in [1.29, 1.82) is 0 Å². The number of imidazole rings is 1. The number of hydrogen-bond acceptors (Lipinski definition) is 5. The first-order valence-electron chi connectivity index (χ1n) is 11.3. The average Bonchev–Trinajstić information content (AvgIpc) is 3.48. The minimum Gasteiger partial charge on any atom is -0.342 e. The summed E-state index contributed by atoms with van der Waals surface area (Å²) in [7, 11) is 1.95. The summed E-state index contributed by atoms with van der Waals surface area (Å²) in [6, 6.07) is 22.0. The molecule has 0 bridgehead atoms. The summed E-state index contributed by atoms with van der Waals surface area (Å²) in [5.41, 5.74) is 3.86. The van der Waals surface area contributed by atoms with E-state index in [2.05, 4.69) is 15.5 Å². The molecule has 2 heterocycles. The number of hydrogen-bond donors (Lipinski definition) is 1. The van der Waals surface area contributed by atoms with Gasteiger partial charge < -0.3 is 14.4 Å². The first-order chi connectivity index (χ1) is 17.0. The number of para-hydroxylation sites is 2. The molecule has 5 aromatic rings. The van der Waals surface area contributed by atoms with E-state index in [1.807, 2.05) is 66.2 Å². The van der Waals surface area contributed by atoms with Crippen LogP contribution in [0.5, 0.6) is 0 Å². The van der Waals surface area contributed by atoms with Crippen molar-refractivity contribution in [2.24, 2.45) is 7.05 Å². The van der Waals surface area contributed by atoms with Gasteiger partial charge in [-0.15, -0.1) is 0 Å². The lowest BCUT2D eigenvalue weighted by Crippen LogP contribution is -2.31. The van der Waals surface area contributed by atoms with Crippen molar-refractivity contribution in [2.45, 2.75) is 25.8 Å². The van der Waals surface area contributed by atoms with E-state index in [1.165, 1.54) is 6.07 Å². The van der Waals surface area contributed by atoms with Crippen LogP contribution in [0.15, 0.2) is 77.3 Å². The number of nitrogens with zero attached hydrogens (tertiary/aromatic N) is 4. The van der Waals surface area contributed by atoms with Crippen LogP contribution in [0.1, 0.15) is 35.3 Å². The zero-order valence-electron chi connectivity index (χ0n) is 19.4. The Balaban J connectivity index is 1.32. The molecule has 1 N–H and O–H groups in total. The molecule has 3 aromatic carbocycles. The Morgan fingerprint density at radius 2 is 1.83 bits per heavy atom. The first kappa shape index (κ1) is 22.5. The van der Waals surface area contributed by atoms with Crippen LogP contribution in [0, 0.1) is 12.7 Å². The highest BCUT2D eigenvalue weighted by Crippen LogP contribution is 2.25. The maximum atomic E-state index is 13.9. The van der Waals surface area contributed by atoms with Crippen LogP contribution < -0.4 is 5.32 Å². The van der Waals surface area contributed by atoms with Crippen LogP contribution in [0.25, 0.3) is 22.4 Å². The highest BCUT2D eigenvalue weighted by Gasteiger charge is 2.23. The zero-order valence-corrected chi connectivity index (χ0v) is 19.4. The molecule has 35 heavy (non-hydrogen) atoms. The van der Waals surface area contributed by atoms with Gasteiger partial charge in [0.25, 0.3) is 0 Å². The lowest BCUT2D eigenvalue weighted by Gasteiger charge is -2.19. The minimum absolute atomic E-state index is 0.150. The number of halogens is 1. The Bertz CT molecular complexity index is 1490. The van der Waals surface area contributed by atoms with Crippen LogP contribution >= 0.6 is 0 Å². The predicted molar refractivity (Wildman–Crippen MR) is 130 cm³/mol. The monoisotopic (exact) mass is 469 g/mol. The molecule has 1 unspecified atom stereocenters. The highest BCUT2D eigenvalue weighted by molar-refractivity contribution is 5.78. The van der Waals surface area contributed by atoms with Gasteiger partial charge >= 0.3 is 0 Å². The molecule has 1 amide bonds. The fraction of sp³-hybridized carbons (Fsp3) is 0.185. The molecule has 5 rings (SSSR count). The van der Waals surface area contributed by atoms with Gasteiger partial charge in [-0.05, 0) is 36.2 Å². The molecule has 0 saturated carbocycles. The topological polar surface area (TPSA) is 85.8 Å². The molecule has 2 aromatic heterocycles. The summed E-state index contributed by atoms with van der Waals surface area (Å²) < 4.78 is 21.2. The zero-order chi connectivity index (χ0) is 24.4. The molecule has 0 aliphatic carbocycles. The third kappa shape index (κ3) is 4.68. The van der Waals surface area contributed by atoms with Gasteiger partial charge in [-0.2, -0.15) is 4.98 Å². The number of amides is 1. The maximum Gasteiger partial charge on any atom is 0.227 e. The number of benzene rings is 3. The number of carbonyl (C=O) groups is 1. The van der Waals surface area contributed by atoms with E-state index < -0.39 is 6.04 Å². The molecule has 8 heteroatoms. The summed E-state index contributed by atoms with van der Waals surface area (Å²) in [4.78, 5) is 22.1. The van der Waals surface area contributed by atoms with Crippen LogP contribution in [0.4, 0.5) is 4.39 Å². The van der Waals surface area contributed by atoms with E-state index in [9.17, 15) is 9.18 Å². The number of rotatable bonds is 7. The molecule has 176 valence electrons. The third-order valence-electron chi connectivity index (χ3n) is 5.98. The maximum absolute atomic E-state index is 13.9. The number of aromatic nitrogens is 4. The molecule has 0 fully saturated rings. The Hall–Kier alpha value is -4.33. The second-order valence-corrected chi connectivity index (χ2v) is 8.40. The lowest BCUT2D eigenvalue weighted by atomic mass is 10.1. The van der Waals surface area contributed by atoms with Gasteiger partial charge in [-0.3, -0.25) is 4.79 Å². The van der Waals surface area contributed by atoms with Crippen molar-refractivity contribution in [3.05, 3.63) is 101 Å². The average molecular weight is 470 g/mol. The molecule has 0 radical (unpaired) electrons. The SMILES string of the molecule is Cc1ccc(-c2noc(CCC(=O)NC(c3ccccc3)c3nc4ccccc4n3C)n2)cc1F. The largest absolute Gasteiger partial charge is 0.342 e. The fourth-order valence-corrected chi connectivity index (χ4v) is 4.02. The second kappa shape index (κ2) is 9.50. The van der Waals surface area contributed by atoms with Gasteiger partial charge in [0.1, 0.15) is 17.7 Å². The minimum atomic E-state index is -0.421. The smallest absolute Gasteiger partial charge is 0.227 e.